The van der Waals surface area contributed by atoms with Gasteiger partial charge < -0.3 is 5.73 Å². The topological polar surface area (TPSA) is 63.4 Å². The number of nitrogens with zero attached hydrogens (tertiary/aromatic N) is 1. The summed E-state index contributed by atoms with van der Waals surface area (Å²) in [5.41, 5.74) is 5.84. The van der Waals surface area contributed by atoms with Crippen LogP contribution in [-0.2, 0) is 10.0 Å². The molecule has 2 rings (SSSR count). The lowest BCUT2D eigenvalue weighted by Crippen LogP contribution is -2.37. The summed E-state index contributed by atoms with van der Waals surface area (Å²) < 4.78 is 26.5. The van der Waals surface area contributed by atoms with Crippen molar-refractivity contribution in [3.63, 3.8) is 0 Å². The molecule has 0 radical (unpaired) electrons. The van der Waals surface area contributed by atoms with E-state index in [-0.39, 0.29) is 21.6 Å². The third-order valence-electron chi connectivity index (χ3n) is 3.09. The number of sulfonamides is 1. The van der Waals surface area contributed by atoms with Crippen LogP contribution in [0.5, 0.6) is 0 Å². The number of thioether (sulfide) groups is 1. The molecule has 1 aromatic rings. The van der Waals surface area contributed by atoms with Gasteiger partial charge in [-0.1, -0.05) is 23.2 Å². The Kier molecular flexibility index (Phi) is 4.57. The molecule has 1 aliphatic rings. The van der Waals surface area contributed by atoms with Crippen molar-refractivity contribution >= 4 is 50.7 Å². The minimum atomic E-state index is -3.70. The van der Waals surface area contributed by atoms with Gasteiger partial charge in [0.15, 0.2) is 0 Å². The van der Waals surface area contributed by atoms with E-state index in [1.807, 2.05) is 0 Å². The molecular formula is C11H14Cl2N2O2S2. The highest BCUT2D eigenvalue weighted by molar-refractivity contribution is 7.99. The van der Waals surface area contributed by atoms with Crippen molar-refractivity contribution in [3.8, 4) is 0 Å². The van der Waals surface area contributed by atoms with Crippen LogP contribution in [0, 0.1) is 0 Å². The maximum atomic E-state index is 12.6. The molecule has 1 fully saturated rings. The fraction of sp³-hybridized carbons (Fsp3) is 0.455. The van der Waals surface area contributed by atoms with Crippen LogP contribution >= 0.6 is 35.0 Å². The van der Waals surface area contributed by atoms with E-state index in [0.717, 1.165) is 17.9 Å². The van der Waals surface area contributed by atoms with E-state index >= 15 is 0 Å². The molecule has 1 aromatic carbocycles. The van der Waals surface area contributed by atoms with Gasteiger partial charge >= 0.3 is 0 Å². The van der Waals surface area contributed by atoms with E-state index in [4.69, 9.17) is 28.9 Å². The lowest BCUT2D eigenvalue weighted by atomic mass is 10.3. The van der Waals surface area contributed by atoms with Crippen molar-refractivity contribution in [3.05, 3.63) is 22.2 Å². The van der Waals surface area contributed by atoms with Crippen LogP contribution in [0.25, 0.3) is 0 Å². The second-order valence-corrected chi connectivity index (χ2v) is 8.27. The molecule has 4 nitrogen and oxygen atoms in total. The molecule has 0 amide bonds. The molecule has 1 unspecified atom stereocenters. The predicted octanol–water partition coefficient (Wildman–Crippen LogP) is 2.70. The number of halogens is 2. The average Bonchev–Trinajstić information content (AvgIpc) is 2.78. The average molecular weight is 341 g/mol. The van der Waals surface area contributed by atoms with Gasteiger partial charge in [-0.15, -0.1) is 0 Å². The van der Waals surface area contributed by atoms with Gasteiger partial charge in [0.2, 0.25) is 10.0 Å². The highest BCUT2D eigenvalue weighted by Crippen LogP contribution is 2.35. The first kappa shape index (κ1) is 15.3. The molecule has 1 heterocycles. The molecule has 1 saturated heterocycles. The molecule has 8 heteroatoms. The van der Waals surface area contributed by atoms with Crippen LogP contribution in [0.2, 0.25) is 10.0 Å². The summed E-state index contributed by atoms with van der Waals surface area (Å²) in [6.45, 7) is 0. The summed E-state index contributed by atoms with van der Waals surface area (Å²) in [4.78, 5) is -0.0574. The summed E-state index contributed by atoms with van der Waals surface area (Å²) in [5, 5.41) is 0.378. The minimum absolute atomic E-state index is 0.0128. The Morgan fingerprint density at radius 1 is 1.42 bits per heavy atom. The Bertz CT molecular complexity index is 563. The lowest BCUT2D eigenvalue weighted by Gasteiger charge is -2.24. The fourth-order valence-electron chi connectivity index (χ4n) is 2.00. The third-order valence-corrected chi connectivity index (χ3v) is 6.90. The number of benzene rings is 1. The van der Waals surface area contributed by atoms with E-state index in [2.05, 4.69) is 0 Å². The van der Waals surface area contributed by atoms with Crippen molar-refractivity contribution in [1.29, 1.82) is 0 Å². The molecule has 0 aromatic heterocycles. The first-order valence-corrected chi connectivity index (χ1v) is 8.99. The van der Waals surface area contributed by atoms with E-state index in [1.54, 1.807) is 18.8 Å². The summed E-state index contributed by atoms with van der Waals surface area (Å²) in [5.74, 6) is 1.76. The number of nitrogens with two attached hydrogens (primary N) is 1. The monoisotopic (exact) mass is 340 g/mol. The molecule has 0 saturated carbocycles. The summed E-state index contributed by atoms with van der Waals surface area (Å²) in [6, 6.07) is 2.78. The first-order valence-electron chi connectivity index (χ1n) is 5.64. The van der Waals surface area contributed by atoms with Crippen molar-refractivity contribution in [2.75, 3.05) is 24.3 Å². The zero-order valence-corrected chi connectivity index (χ0v) is 13.4. The van der Waals surface area contributed by atoms with Gasteiger partial charge in [0, 0.05) is 23.9 Å². The third kappa shape index (κ3) is 2.97. The summed E-state index contributed by atoms with van der Waals surface area (Å²) >= 11 is 13.5. The van der Waals surface area contributed by atoms with Gasteiger partial charge in [0.05, 0.1) is 10.7 Å². The van der Waals surface area contributed by atoms with Crippen LogP contribution in [0.3, 0.4) is 0 Å². The quantitative estimate of drug-likeness (QED) is 0.859. The van der Waals surface area contributed by atoms with Crippen LogP contribution in [0.4, 0.5) is 5.69 Å². The van der Waals surface area contributed by atoms with Crippen molar-refractivity contribution < 1.29 is 8.42 Å². The predicted molar refractivity (Wildman–Crippen MR) is 81.6 cm³/mol. The molecule has 106 valence electrons. The number of hydrogen-bond donors (Lipinski definition) is 1. The van der Waals surface area contributed by atoms with Crippen molar-refractivity contribution in [2.24, 2.45) is 0 Å². The minimum Gasteiger partial charge on any atom is -0.398 e. The Morgan fingerprint density at radius 3 is 2.63 bits per heavy atom. The van der Waals surface area contributed by atoms with E-state index in [0.29, 0.717) is 5.02 Å². The Morgan fingerprint density at radius 2 is 2.11 bits per heavy atom. The Labute approximate surface area is 127 Å². The summed E-state index contributed by atoms with van der Waals surface area (Å²) in [7, 11) is -2.13. The molecule has 19 heavy (non-hydrogen) atoms. The normalized spacial score (nSPS) is 20.1. The SMILES string of the molecule is CN(C1CCSC1)S(=O)(=O)c1c(N)cc(Cl)cc1Cl. The number of rotatable bonds is 3. The van der Waals surface area contributed by atoms with Crippen molar-refractivity contribution in [2.45, 2.75) is 17.4 Å². The Hall–Kier alpha value is -0.140. The molecular weight excluding hydrogens is 327 g/mol. The van der Waals surface area contributed by atoms with Crippen LogP contribution < -0.4 is 5.73 Å². The van der Waals surface area contributed by atoms with Gasteiger partial charge in [-0.3, -0.25) is 0 Å². The first-order chi connectivity index (χ1) is 8.84. The molecule has 0 aliphatic carbocycles. The molecule has 0 spiro atoms. The number of anilines is 1. The van der Waals surface area contributed by atoms with Gasteiger partial charge in [0.25, 0.3) is 0 Å². The maximum Gasteiger partial charge on any atom is 0.246 e. The highest BCUT2D eigenvalue weighted by Gasteiger charge is 2.33. The molecule has 2 N–H and O–H groups in total. The van der Waals surface area contributed by atoms with Crippen LogP contribution in [0.15, 0.2) is 17.0 Å². The molecule has 0 bridgehead atoms. The molecule has 1 aliphatic heterocycles. The number of nitrogen functional groups attached to an aromatic ring is 1. The Balaban J connectivity index is 2.44. The molecule has 1 atom stereocenters. The van der Waals surface area contributed by atoms with Crippen LogP contribution in [0.1, 0.15) is 6.42 Å². The van der Waals surface area contributed by atoms with E-state index in [9.17, 15) is 8.42 Å². The van der Waals surface area contributed by atoms with Crippen molar-refractivity contribution in [1.82, 2.24) is 4.31 Å². The second-order valence-electron chi connectivity index (χ2n) is 4.34. The van der Waals surface area contributed by atoms with Gasteiger partial charge in [-0.25, -0.2) is 8.42 Å². The van der Waals surface area contributed by atoms with Crippen LogP contribution in [-0.4, -0.2) is 37.3 Å². The van der Waals surface area contributed by atoms with Gasteiger partial charge in [0.1, 0.15) is 4.90 Å². The van der Waals surface area contributed by atoms with E-state index < -0.39 is 10.0 Å². The zero-order chi connectivity index (χ0) is 14.2. The van der Waals surface area contributed by atoms with Gasteiger partial charge in [-0.05, 0) is 24.3 Å². The number of hydrogen-bond acceptors (Lipinski definition) is 4. The lowest BCUT2D eigenvalue weighted by molar-refractivity contribution is 0.395. The van der Waals surface area contributed by atoms with Gasteiger partial charge in [-0.2, -0.15) is 16.1 Å². The highest BCUT2D eigenvalue weighted by atomic mass is 35.5. The van der Waals surface area contributed by atoms with E-state index in [1.165, 1.54) is 16.4 Å². The summed E-state index contributed by atoms with van der Waals surface area (Å²) in [6.07, 6.45) is 0.839. The standard InChI is InChI=1S/C11H14Cl2N2O2S2/c1-15(8-2-3-18-6-8)19(16,17)11-9(13)4-7(12)5-10(11)14/h4-5,8H,2-3,6,14H2,1H3. The smallest absolute Gasteiger partial charge is 0.246 e. The zero-order valence-electron chi connectivity index (χ0n) is 10.3. The fourth-order valence-corrected chi connectivity index (χ4v) is 5.69. The largest absolute Gasteiger partial charge is 0.398 e. The maximum absolute atomic E-state index is 12.6. The second kappa shape index (κ2) is 5.69.